The van der Waals surface area contributed by atoms with Crippen LogP contribution in [0.3, 0.4) is 0 Å². The molecule has 1 unspecified atom stereocenters. The number of Topliss-reactive ketones (excluding diaryl/α,β-unsaturated/α-hetero) is 1. The minimum absolute atomic E-state index is 0.0446. The lowest BCUT2D eigenvalue weighted by molar-refractivity contribution is 0.0968. The Balaban J connectivity index is 3.29. The highest BCUT2D eigenvalue weighted by atomic mass is 35.5. The van der Waals surface area contributed by atoms with Crippen LogP contribution in [0.2, 0.25) is 0 Å². The van der Waals surface area contributed by atoms with Crippen LogP contribution in [-0.4, -0.2) is 16.9 Å². The molecule has 1 aromatic carbocycles. The van der Waals surface area contributed by atoms with Crippen molar-refractivity contribution in [2.24, 2.45) is 5.73 Å². The molecule has 0 saturated heterocycles. The molecule has 0 fully saturated rings. The van der Waals surface area contributed by atoms with Gasteiger partial charge in [0.25, 0.3) is 0 Å². The number of hydrogen-bond acceptors (Lipinski definition) is 4. The number of aromatic hydroxyl groups is 1. The fourth-order valence-corrected chi connectivity index (χ4v) is 1.51. The Morgan fingerprint density at radius 1 is 1.53 bits per heavy atom. The summed E-state index contributed by atoms with van der Waals surface area (Å²) in [4.78, 5) is 11.6. The molecule has 0 aliphatic heterocycles. The van der Waals surface area contributed by atoms with Gasteiger partial charge in [0.15, 0.2) is 5.78 Å². The molecule has 0 saturated carbocycles. The van der Waals surface area contributed by atoms with E-state index < -0.39 is 6.04 Å². The van der Waals surface area contributed by atoms with Crippen LogP contribution >= 0.6 is 23.6 Å². The number of nitrogens with two attached hydrogens (primary N) is 1. The van der Waals surface area contributed by atoms with Gasteiger partial charge in [0.2, 0.25) is 0 Å². The quantitative estimate of drug-likeness (QED) is 0.635. The Hall–Kier alpha value is -0.970. The number of phenols is 1. The van der Waals surface area contributed by atoms with Crippen LogP contribution in [0.5, 0.6) is 5.75 Å². The Morgan fingerprint density at radius 3 is 2.60 bits per heavy atom. The summed E-state index contributed by atoms with van der Waals surface area (Å²) in [6.45, 7) is 1.54. The van der Waals surface area contributed by atoms with E-state index in [0.717, 1.165) is 0 Å². The fraction of sp³-hybridized carbons (Fsp3) is 0.222. The number of rotatable bonds is 3. The summed E-state index contributed by atoms with van der Waals surface area (Å²) in [5.41, 5.74) is 5.69. The van der Waals surface area contributed by atoms with E-state index in [1.807, 2.05) is 0 Å². The molecule has 0 aliphatic carbocycles. The van der Waals surface area contributed by atoms with Crippen LogP contribution < -0.4 is 9.67 Å². The summed E-state index contributed by atoms with van der Waals surface area (Å²) >= 11 is 11.0. The molecule has 3 N–H and O–H groups in total. The summed E-state index contributed by atoms with van der Waals surface area (Å²) in [7, 11) is 0. The first-order valence-electron chi connectivity index (χ1n) is 4.18. The monoisotopic (exact) mass is 248 g/mol. The van der Waals surface area contributed by atoms with Crippen LogP contribution in [-0.2, 0) is 0 Å². The summed E-state index contributed by atoms with van der Waals surface area (Å²) in [6, 6.07) is 3.72. The SMILES string of the molecule is CC(N)C(=O)c1cccc(O)c1N(Cl)Cl. The van der Waals surface area contributed by atoms with Gasteiger partial charge < -0.3 is 10.8 Å². The van der Waals surface area contributed by atoms with Crippen LogP contribution in [0.4, 0.5) is 5.69 Å². The lowest BCUT2D eigenvalue weighted by Gasteiger charge is -2.14. The zero-order valence-corrected chi connectivity index (χ0v) is 9.46. The molecule has 15 heavy (non-hydrogen) atoms. The van der Waals surface area contributed by atoms with Crippen LogP contribution in [0.1, 0.15) is 17.3 Å². The van der Waals surface area contributed by atoms with E-state index in [9.17, 15) is 9.90 Å². The van der Waals surface area contributed by atoms with E-state index in [1.165, 1.54) is 18.2 Å². The molecule has 1 aromatic rings. The van der Waals surface area contributed by atoms with Gasteiger partial charge in [-0.15, -0.1) is 0 Å². The zero-order chi connectivity index (χ0) is 11.6. The first kappa shape index (κ1) is 12.1. The predicted molar refractivity (Wildman–Crippen MR) is 60.3 cm³/mol. The summed E-state index contributed by atoms with van der Waals surface area (Å²) in [6.07, 6.45) is 0. The standard InChI is InChI=1S/C9H10Cl2N2O2/c1-5(12)9(15)6-3-2-4-7(14)8(6)13(10)11/h2-5,14H,12H2,1H3. The maximum atomic E-state index is 11.6. The molecular weight excluding hydrogens is 239 g/mol. The molecule has 0 bridgehead atoms. The van der Waals surface area contributed by atoms with E-state index in [1.54, 1.807) is 6.92 Å². The van der Waals surface area contributed by atoms with Gasteiger partial charge in [-0.3, -0.25) is 4.79 Å². The van der Waals surface area contributed by atoms with E-state index >= 15 is 0 Å². The molecule has 6 heteroatoms. The molecule has 82 valence electrons. The first-order valence-corrected chi connectivity index (χ1v) is 4.86. The van der Waals surface area contributed by atoms with Gasteiger partial charge in [-0.25, -0.2) is 0 Å². The number of ketones is 1. The number of hydrogen-bond donors (Lipinski definition) is 2. The number of carbonyl (C=O) groups excluding carboxylic acids is 1. The largest absolute Gasteiger partial charge is 0.506 e. The molecule has 1 rings (SSSR count). The van der Waals surface area contributed by atoms with Gasteiger partial charge in [-0.1, -0.05) is 6.07 Å². The summed E-state index contributed by atoms with van der Waals surface area (Å²) in [5.74, 6) is -0.515. The Bertz CT molecular complexity index is 380. The second-order valence-corrected chi connectivity index (χ2v) is 3.91. The molecule has 1 atom stereocenters. The topological polar surface area (TPSA) is 66.6 Å². The van der Waals surface area contributed by atoms with Gasteiger partial charge in [0.05, 0.1) is 6.04 Å². The molecule has 0 amide bonds. The van der Waals surface area contributed by atoms with Gasteiger partial charge in [-0.2, -0.15) is 3.94 Å². The van der Waals surface area contributed by atoms with Crippen molar-refractivity contribution >= 4 is 35.0 Å². The molecular formula is C9H10Cl2N2O2. The van der Waals surface area contributed by atoms with Gasteiger partial charge >= 0.3 is 0 Å². The lowest BCUT2D eigenvalue weighted by atomic mass is 10.0. The molecule has 0 spiro atoms. The van der Waals surface area contributed by atoms with Crippen molar-refractivity contribution in [1.29, 1.82) is 0 Å². The third-order valence-electron chi connectivity index (χ3n) is 1.86. The predicted octanol–water partition coefficient (Wildman–Crippen LogP) is 2.04. The Kier molecular flexibility index (Phi) is 3.79. The third-order valence-corrected chi connectivity index (χ3v) is 2.20. The number of nitrogens with zero attached hydrogens (tertiary/aromatic N) is 1. The average molecular weight is 249 g/mol. The average Bonchev–Trinajstić information content (AvgIpc) is 2.15. The normalized spacial score (nSPS) is 12.3. The lowest BCUT2D eigenvalue weighted by Crippen LogP contribution is -2.27. The first-order chi connectivity index (χ1) is 6.95. The maximum absolute atomic E-state index is 11.6. The molecule has 4 nitrogen and oxygen atoms in total. The minimum atomic E-state index is -0.682. The van der Waals surface area contributed by atoms with Crippen molar-refractivity contribution in [2.45, 2.75) is 13.0 Å². The van der Waals surface area contributed by atoms with Crippen molar-refractivity contribution in [3.05, 3.63) is 23.8 Å². The number of para-hydroxylation sites is 1. The molecule has 0 radical (unpaired) electrons. The highest BCUT2D eigenvalue weighted by Gasteiger charge is 2.20. The number of anilines is 1. The molecule has 0 heterocycles. The van der Waals surface area contributed by atoms with Crippen LogP contribution in [0.25, 0.3) is 0 Å². The van der Waals surface area contributed by atoms with Crippen LogP contribution in [0.15, 0.2) is 18.2 Å². The highest BCUT2D eigenvalue weighted by Crippen LogP contribution is 2.34. The number of benzene rings is 1. The molecule has 0 aliphatic rings. The third kappa shape index (κ3) is 2.53. The zero-order valence-electron chi connectivity index (χ0n) is 7.95. The second kappa shape index (κ2) is 4.70. The Morgan fingerprint density at radius 2 is 2.13 bits per heavy atom. The Labute approximate surface area is 97.4 Å². The van der Waals surface area contributed by atoms with Crippen molar-refractivity contribution in [2.75, 3.05) is 3.94 Å². The van der Waals surface area contributed by atoms with Gasteiger partial charge in [0.1, 0.15) is 11.4 Å². The maximum Gasteiger partial charge on any atom is 0.181 e. The van der Waals surface area contributed by atoms with Gasteiger partial charge in [0, 0.05) is 29.1 Å². The summed E-state index contributed by atoms with van der Waals surface area (Å²) < 4.78 is 0.644. The van der Waals surface area contributed by atoms with E-state index in [0.29, 0.717) is 3.94 Å². The summed E-state index contributed by atoms with van der Waals surface area (Å²) in [5, 5.41) is 9.49. The van der Waals surface area contributed by atoms with E-state index in [2.05, 4.69) is 0 Å². The van der Waals surface area contributed by atoms with Gasteiger partial charge in [-0.05, 0) is 19.1 Å². The second-order valence-electron chi connectivity index (χ2n) is 3.06. The minimum Gasteiger partial charge on any atom is -0.506 e. The van der Waals surface area contributed by atoms with E-state index in [4.69, 9.17) is 29.3 Å². The van der Waals surface area contributed by atoms with E-state index in [-0.39, 0.29) is 22.8 Å². The fourth-order valence-electron chi connectivity index (χ4n) is 1.15. The molecule has 0 aromatic heterocycles. The van der Waals surface area contributed by atoms with Crippen molar-refractivity contribution < 1.29 is 9.90 Å². The highest BCUT2D eigenvalue weighted by molar-refractivity contribution is 6.50. The number of halogens is 2. The van der Waals surface area contributed by atoms with Crippen molar-refractivity contribution in [1.82, 2.24) is 0 Å². The number of carbonyl (C=O) groups is 1. The van der Waals surface area contributed by atoms with Crippen molar-refractivity contribution in [3.8, 4) is 5.75 Å². The van der Waals surface area contributed by atoms with Crippen molar-refractivity contribution in [3.63, 3.8) is 0 Å². The number of phenolic OH excluding ortho intramolecular Hbond substituents is 1. The smallest absolute Gasteiger partial charge is 0.181 e. The van der Waals surface area contributed by atoms with Crippen LogP contribution in [0, 0.1) is 0 Å².